The maximum absolute atomic E-state index is 15.1. The number of ketones is 1. The van der Waals surface area contributed by atoms with Crippen molar-refractivity contribution in [3.05, 3.63) is 120 Å². The van der Waals surface area contributed by atoms with E-state index in [1.807, 2.05) is 116 Å². The van der Waals surface area contributed by atoms with Crippen LogP contribution in [0.5, 0.6) is 0 Å². The molecule has 11 atom stereocenters. The second kappa shape index (κ2) is 37.2. The van der Waals surface area contributed by atoms with Crippen molar-refractivity contribution < 1.29 is 67.2 Å². The number of benzene rings is 2. The van der Waals surface area contributed by atoms with Gasteiger partial charge >= 0.3 is 0 Å². The van der Waals surface area contributed by atoms with Crippen LogP contribution in [0.4, 0.5) is 0 Å². The van der Waals surface area contributed by atoms with E-state index >= 15 is 4.79 Å². The van der Waals surface area contributed by atoms with Gasteiger partial charge < -0.3 is 66.7 Å². The van der Waals surface area contributed by atoms with E-state index < -0.39 is 135 Å². The normalized spacial score (nSPS) is 22.8. The van der Waals surface area contributed by atoms with E-state index in [0.29, 0.717) is 43.5 Å². The summed E-state index contributed by atoms with van der Waals surface area (Å²) in [7, 11) is 1.45. The van der Waals surface area contributed by atoms with Crippen molar-refractivity contribution in [2.24, 2.45) is 33.0 Å². The maximum Gasteiger partial charge on any atom is 0.289 e. The van der Waals surface area contributed by atoms with Crippen molar-refractivity contribution in [1.29, 1.82) is 0 Å². The zero-order valence-corrected chi connectivity index (χ0v) is 66.5. The SMILES string of the molecule is CCC[C@H](NC(=O)[C@@H]1C[C@]2(CC(c3ccccc3)=NO2)CN1C(=O)[C@@H](NC(=O)[C@@H](NC(=O)c1cnccn1)C1CCCCC1)C(C)(C)C)C(=O)C(=O)NC1CC1.CCC[C@H](NC(=O)[C@@H]1C[C@]2(CC(c3ccccc3)=NO2)CN1C(=O)[C@@H](NC(=O)[C@@H](NC(=O)c1cnccn1)C1CCCCC1)C(C)(C)C)C(OC)C(=O)NC1CC1. The molecule has 2 spiro atoms. The lowest BCUT2D eigenvalue weighted by molar-refractivity contribution is -0.145. The zero-order chi connectivity index (χ0) is 80.8. The van der Waals surface area contributed by atoms with Crippen molar-refractivity contribution in [1.82, 2.24) is 72.3 Å². The van der Waals surface area contributed by atoms with Gasteiger partial charge in [0.05, 0.1) is 49.0 Å². The third-order valence-electron chi connectivity index (χ3n) is 22.7. The number of hydrogen-bond donors (Lipinski definition) is 8. The number of nitrogens with zero attached hydrogens (tertiary/aromatic N) is 8. The summed E-state index contributed by atoms with van der Waals surface area (Å²) >= 11 is 0. The fourth-order valence-corrected chi connectivity index (χ4v) is 16.2. The molecule has 608 valence electrons. The van der Waals surface area contributed by atoms with Gasteiger partial charge in [0.15, 0.2) is 17.3 Å². The topological polar surface area (TPSA) is 394 Å². The van der Waals surface area contributed by atoms with E-state index in [4.69, 9.17) is 14.4 Å². The highest BCUT2D eigenvalue weighted by atomic mass is 16.7. The standard InChI is InChI=1S/C42H58N8O7.C41H54N8O7/c1-6-13-29(34(56-5)39(54)45-28-18-19-28)46-37(52)32-23-42(22-30(49-57-42)26-14-9-7-10-15-26)25-50(32)40(55)35(41(2,3)4)48-38(53)33(27-16-11-8-12-17-27)47-36(51)31-24-43-20-21-44-31;1-5-12-28(33(50)38(54)44-27-17-18-27)45-36(52)31-22-41(21-29(48-56-41)25-13-8-6-9-14-25)24-49(31)39(55)34(40(2,3)4)47-37(53)32(26-15-10-7-11-16-26)46-35(51)30-23-42-19-20-43-30/h7,9-10,14-15,20-21,24,27-29,32-35H,6,8,11-13,16-19,22-23,25H2,1-5H3,(H,45,54)(H,46,52)(H,47,51)(H,48,53);6,8-9,13-14,19-20,23,26-28,31-32,34H,5,7,10-12,15-18,21-22,24H2,1-4H3,(H,44,54)(H,45,52)(H,46,51)(H,47,53)/t29-,32-,33-,34?,35+,42+;28-,31-,32-,34+,41+/m00/s1. The summed E-state index contributed by atoms with van der Waals surface area (Å²) in [6.07, 6.45) is 22.3. The first kappa shape index (κ1) is 83.8. The second-order valence-corrected chi connectivity index (χ2v) is 33.9. The van der Waals surface area contributed by atoms with Gasteiger partial charge in [0.25, 0.3) is 23.6 Å². The van der Waals surface area contributed by atoms with Crippen molar-refractivity contribution in [2.75, 3.05) is 20.2 Å². The lowest BCUT2D eigenvalue weighted by atomic mass is 9.82. The Morgan fingerprint density at radius 1 is 0.513 bits per heavy atom. The zero-order valence-electron chi connectivity index (χ0n) is 66.5. The highest BCUT2D eigenvalue weighted by molar-refractivity contribution is 6.38. The van der Waals surface area contributed by atoms with E-state index in [0.717, 1.165) is 101 Å². The number of nitrogens with one attached hydrogen (secondary N) is 8. The highest BCUT2D eigenvalue weighted by Gasteiger charge is 2.58. The number of carbonyl (C=O) groups excluding carboxylic acids is 11. The Bertz CT molecular complexity index is 4110. The van der Waals surface area contributed by atoms with Gasteiger partial charge in [-0.25, -0.2) is 9.97 Å². The van der Waals surface area contributed by atoms with Crippen molar-refractivity contribution in [3.63, 3.8) is 0 Å². The van der Waals surface area contributed by atoms with Gasteiger partial charge in [-0.15, -0.1) is 0 Å². The molecule has 4 aromatic rings. The number of ether oxygens (including phenoxy) is 1. The minimum absolute atomic E-state index is 0.0176. The van der Waals surface area contributed by atoms with E-state index in [9.17, 15) is 47.9 Å². The predicted molar refractivity (Wildman–Crippen MR) is 417 cm³/mol. The number of methoxy groups -OCH3 is 1. The molecule has 6 fully saturated rings. The molecule has 1 unspecified atom stereocenters. The van der Waals surface area contributed by atoms with Crippen LogP contribution in [0.25, 0.3) is 0 Å². The summed E-state index contributed by atoms with van der Waals surface area (Å²) in [5.41, 5.74) is -0.464. The van der Waals surface area contributed by atoms with Crippen LogP contribution in [0, 0.1) is 22.7 Å². The van der Waals surface area contributed by atoms with Gasteiger partial charge in [-0.2, -0.15) is 0 Å². The van der Waals surface area contributed by atoms with Crippen LogP contribution in [-0.4, -0.2) is 204 Å². The Hall–Kier alpha value is -10.1. The fourth-order valence-electron chi connectivity index (χ4n) is 16.2. The average molecular weight is 1560 g/mol. The van der Waals surface area contributed by atoms with Crippen molar-refractivity contribution in [3.8, 4) is 0 Å². The van der Waals surface area contributed by atoms with Crippen LogP contribution in [0.3, 0.4) is 0 Å². The van der Waals surface area contributed by atoms with Crippen molar-refractivity contribution >= 4 is 76.3 Å². The highest BCUT2D eigenvalue weighted by Crippen LogP contribution is 2.43. The van der Waals surface area contributed by atoms with Gasteiger partial charge in [0.1, 0.15) is 47.6 Å². The van der Waals surface area contributed by atoms with Gasteiger partial charge in [-0.05, 0) is 98.0 Å². The van der Waals surface area contributed by atoms with Crippen molar-refractivity contribution in [2.45, 2.75) is 274 Å². The molecule has 113 heavy (non-hydrogen) atoms. The number of oxime groups is 2. The number of aromatic nitrogens is 4. The number of rotatable bonds is 29. The maximum atomic E-state index is 15.1. The molecule has 4 saturated carbocycles. The largest absolute Gasteiger partial charge is 0.387 e. The first-order chi connectivity index (χ1) is 54.1. The molecule has 0 radical (unpaired) electrons. The molecule has 0 bridgehead atoms. The van der Waals surface area contributed by atoms with Crippen LogP contribution >= 0.6 is 0 Å². The molecule has 4 aliphatic carbocycles. The molecule has 4 aliphatic heterocycles. The molecule has 2 aromatic heterocycles. The van der Waals surface area contributed by atoms with E-state index in [1.54, 1.807) is 0 Å². The van der Waals surface area contributed by atoms with Gasteiger partial charge in [-0.3, -0.25) is 62.7 Å². The second-order valence-electron chi connectivity index (χ2n) is 33.9. The summed E-state index contributed by atoms with van der Waals surface area (Å²) < 4.78 is 5.67. The summed E-state index contributed by atoms with van der Waals surface area (Å²) in [5.74, 6) is -6.19. The molecule has 2 aromatic carbocycles. The fraction of sp³-hybridized carbons (Fsp3) is 0.602. The Labute approximate surface area is 660 Å². The van der Waals surface area contributed by atoms with Crippen LogP contribution in [0.15, 0.2) is 108 Å². The monoisotopic (exact) mass is 1560 g/mol. The number of carbonyl (C=O) groups is 11. The van der Waals surface area contributed by atoms with E-state index in [1.165, 1.54) is 54.1 Å². The molecular formula is C83H112N16O14. The molecule has 30 heteroatoms. The van der Waals surface area contributed by atoms with E-state index in [2.05, 4.69) is 72.8 Å². The minimum atomic E-state index is -1.13. The van der Waals surface area contributed by atoms with Crippen LogP contribution < -0.4 is 42.5 Å². The van der Waals surface area contributed by atoms with Crippen LogP contribution in [-0.2, 0) is 57.6 Å². The smallest absolute Gasteiger partial charge is 0.289 e. The Morgan fingerprint density at radius 3 is 1.33 bits per heavy atom. The third kappa shape index (κ3) is 21.4. The van der Waals surface area contributed by atoms with Gasteiger partial charge in [-0.1, -0.05) is 178 Å². The van der Waals surface area contributed by atoms with Crippen LogP contribution in [0.1, 0.15) is 229 Å². The van der Waals surface area contributed by atoms with E-state index in [-0.39, 0.29) is 73.6 Å². The third-order valence-corrected chi connectivity index (χ3v) is 22.7. The Balaban J connectivity index is 0.000000223. The first-order valence-electron chi connectivity index (χ1n) is 40.4. The molecule has 30 nitrogen and oxygen atoms in total. The first-order valence-corrected chi connectivity index (χ1v) is 40.4. The Kier molecular flexibility index (Phi) is 27.6. The number of hydrogen-bond acceptors (Lipinski definition) is 20. The molecule has 12 rings (SSSR count). The van der Waals surface area contributed by atoms with Crippen LogP contribution in [0.2, 0.25) is 0 Å². The molecule has 2 saturated heterocycles. The average Bonchev–Trinajstić information content (AvgIpc) is 1.61. The summed E-state index contributed by atoms with van der Waals surface area (Å²) in [5, 5.41) is 32.2. The number of Topliss-reactive ketones (excluding diaryl/α,β-unsaturated/α-hetero) is 1. The summed E-state index contributed by atoms with van der Waals surface area (Å²) in [6.45, 7) is 14.9. The molecule has 8 N–H and O–H groups in total. The molecule has 6 heterocycles. The quantitative estimate of drug-likeness (QED) is 0.0272. The van der Waals surface area contributed by atoms with Gasteiger partial charge in [0, 0.05) is 69.7 Å². The minimum Gasteiger partial charge on any atom is -0.387 e. The molecular weight excluding hydrogens is 1450 g/mol. The lowest BCUT2D eigenvalue weighted by Gasteiger charge is -2.38. The lowest BCUT2D eigenvalue weighted by Crippen LogP contribution is -2.62. The predicted octanol–water partition coefficient (Wildman–Crippen LogP) is 6.41. The summed E-state index contributed by atoms with van der Waals surface area (Å²) in [6, 6.07) is 11.2. The molecule has 10 amide bonds. The number of amides is 10. The number of likely N-dealkylation sites (tertiary alicyclic amines) is 2. The van der Waals surface area contributed by atoms with Gasteiger partial charge in [0.2, 0.25) is 41.2 Å². The summed E-state index contributed by atoms with van der Waals surface area (Å²) in [4.78, 5) is 185. The Morgan fingerprint density at radius 2 is 0.938 bits per heavy atom. The molecule has 8 aliphatic rings.